The second-order valence-corrected chi connectivity index (χ2v) is 10.6. The van der Waals surface area contributed by atoms with Crippen LogP contribution in [0.3, 0.4) is 0 Å². The summed E-state index contributed by atoms with van der Waals surface area (Å²) in [5.74, 6) is -0.0407. The van der Waals surface area contributed by atoms with Crippen molar-refractivity contribution in [3.8, 4) is 0 Å². The first-order valence-electron chi connectivity index (χ1n) is 11.0. The van der Waals surface area contributed by atoms with E-state index in [0.29, 0.717) is 16.9 Å². The molecule has 0 bridgehead atoms. The fraction of sp³-hybridized carbons (Fsp3) is 0.280. The van der Waals surface area contributed by atoms with E-state index in [4.69, 9.17) is 11.6 Å². The fourth-order valence-corrected chi connectivity index (χ4v) is 7.27. The van der Waals surface area contributed by atoms with E-state index in [2.05, 4.69) is 11.4 Å². The van der Waals surface area contributed by atoms with Crippen molar-refractivity contribution in [2.45, 2.75) is 40.8 Å². The molecule has 174 valence electrons. The number of hydrogen-bond donors (Lipinski definition) is 1. The molecule has 5 atom stereocenters. The Bertz CT molecular complexity index is 1290. The largest absolute Gasteiger partial charge is 0.377 e. The van der Waals surface area contributed by atoms with Crippen molar-refractivity contribution in [2.75, 3.05) is 5.32 Å². The summed E-state index contributed by atoms with van der Waals surface area (Å²) in [6.45, 7) is 2.03. The van der Waals surface area contributed by atoms with Gasteiger partial charge in [0.2, 0.25) is 0 Å². The number of fused-ring (bicyclic) bond motifs is 3. The van der Waals surface area contributed by atoms with E-state index in [1.807, 2.05) is 25.1 Å². The fourth-order valence-electron chi connectivity index (χ4n) is 5.33. The number of nitro benzene ring substituents is 2. The number of alkyl halides is 1. The summed E-state index contributed by atoms with van der Waals surface area (Å²) in [4.78, 5) is 23.2. The van der Waals surface area contributed by atoms with Gasteiger partial charge in [-0.3, -0.25) is 20.2 Å². The third-order valence-electron chi connectivity index (χ3n) is 6.78. The minimum Gasteiger partial charge on any atom is -0.377 e. The highest BCUT2D eigenvalue weighted by atomic mass is 35.5. The molecule has 0 radical (unpaired) electrons. The van der Waals surface area contributed by atoms with Gasteiger partial charge >= 0.3 is 0 Å². The predicted octanol–water partition coefficient (Wildman–Crippen LogP) is 6.85. The Morgan fingerprint density at radius 2 is 1.62 bits per heavy atom. The number of para-hydroxylation sites is 2. The predicted molar refractivity (Wildman–Crippen MR) is 134 cm³/mol. The van der Waals surface area contributed by atoms with Gasteiger partial charge in [0, 0.05) is 29.0 Å². The lowest BCUT2D eigenvalue weighted by Crippen LogP contribution is -2.31. The molecule has 0 spiro atoms. The number of nitro groups is 2. The van der Waals surface area contributed by atoms with Crippen LogP contribution in [0.4, 0.5) is 17.1 Å². The maximum atomic E-state index is 11.8. The molecule has 7 nitrogen and oxygen atoms in total. The molecule has 1 aliphatic carbocycles. The van der Waals surface area contributed by atoms with Gasteiger partial charge in [-0.2, -0.15) is 0 Å². The van der Waals surface area contributed by atoms with Crippen LogP contribution in [-0.2, 0) is 0 Å². The molecule has 1 saturated carbocycles. The van der Waals surface area contributed by atoms with E-state index in [-0.39, 0.29) is 49.7 Å². The molecule has 0 saturated heterocycles. The van der Waals surface area contributed by atoms with Crippen molar-refractivity contribution in [2.24, 2.45) is 5.92 Å². The molecule has 3 aromatic carbocycles. The summed E-state index contributed by atoms with van der Waals surface area (Å²) in [6.07, 6.45) is 0.673. The van der Waals surface area contributed by atoms with Crippen LogP contribution < -0.4 is 5.32 Å². The SMILES string of the molecule is Cc1ccc2c(c1)[C@@H]1[C@@H](Cl)[C@@H](Sc3ccccc3[N+](=O)[O-])C[C@H]1[C@H](c1ccccc1[N+](=O)[O-])N2. The van der Waals surface area contributed by atoms with Crippen molar-refractivity contribution < 1.29 is 9.85 Å². The molecule has 1 aliphatic heterocycles. The third kappa shape index (κ3) is 3.91. The van der Waals surface area contributed by atoms with Gasteiger partial charge in [0.1, 0.15) is 0 Å². The van der Waals surface area contributed by atoms with E-state index < -0.39 is 0 Å². The highest BCUT2D eigenvalue weighted by Crippen LogP contribution is 2.58. The Hall–Kier alpha value is -3.10. The highest BCUT2D eigenvalue weighted by Gasteiger charge is 2.51. The van der Waals surface area contributed by atoms with Crippen molar-refractivity contribution in [1.82, 2.24) is 0 Å². The third-order valence-corrected chi connectivity index (χ3v) is 8.89. The van der Waals surface area contributed by atoms with E-state index in [1.165, 1.54) is 23.9 Å². The molecule has 2 aliphatic rings. The first-order valence-corrected chi connectivity index (χ1v) is 12.3. The lowest BCUT2D eigenvalue weighted by atomic mass is 9.76. The van der Waals surface area contributed by atoms with Gasteiger partial charge in [0.15, 0.2) is 0 Å². The minimum absolute atomic E-state index is 0.00170. The zero-order valence-corrected chi connectivity index (χ0v) is 19.8. The second-order valence-electron chi connectivity index (χ2n) is 8.78. The number of anilines is 1. The van der Waals surface area contributed by atoms with Crippen molar-refractivity contribution >= 4 is 40.4 Å². The molecular formula is C25H22ClN3O4S. The molecule has 0 unspecified atom stereocenters. The lowest BCUT2D eigenvalue weighted by molar-refractivity contribution is -0.387. The number of halogens is 1. The number of rotatable bonds is 5. The number of nitrogens with one attached hydrogen (secondary N) is 1. The van der Waals surface area contributed by atoms with E-state index >= 15 is 0 Å². The van der Waals surface area contributed by atoms with E-state index in [0.717, 1.165) is 16.8 Å². The summed E-state index contributed by atoms with van der Waals surface area (Å²) in [5, 5.41) is 26.5. The number of thioether (sulfide) groups is 1. The van der Waals surface area contributed by atoms with Crippen LogP contribution in [0.25, 0.3) is 0 Å². The van der Waals surface area contributed by atoms with Crippen LogP contribution in [0.15, 0.2) is 71.6 Å². The first kappa shape index (κ1) is 22.7. The summed E-state index contributed by atoms with van der Waals surface area (Å²) in [5.41, 5.74) is 3.92. The average Bonchev–Trinajstić information content (AvgIpc) is 3.15. The van der Waals surface area contributed by atoms with Crippen LogP contribution in [0.2, 0.25) is 0 Å². The van der Waals surface area contributed by atoms with Crippen molar-refractivity contribution in [3.63, 3.8) is 0 Å². The van der Waals surface area contributed by atoms with Gasteiger partial charge < -0.3 is 5.32 Å². The number of benzene rings is 3. The molecule has 34 heavy (non-hydrogen) atoms. The molecule has 9 heteroatoms. The van der Waals surface area contributed by atoms with E-state index in [9.17, 15) is 20.2 Å². The molecule has 0 aromatic heterocycles. The standard InChI is InChI=1S/C25H22ClN3O4S/c1-14-10-11-18-16(12-14)23-17(25(27-18)15-6-2-3-7-19(15)28(30)31)13-22(24(23)26)34-21-9-5-4-8-20(21)29(32)33/h2-12,17,22-25,27H,13H2,1H3/t17-,22+,23+,24+,25+/m1/s1. The van der Waals surface area contributed by atoms with E-state index in [1.54, 1.807) is 30.3 Å². The number of nitrogens with zero attached hydrogens (tertiary/aromatic N) is 2. The zero-order chi connectivity index (χ0) is 24.0. The summed E-state index contributed by atoms with van der Waals surface area (Å²) in [7, 11) is 0. The normalized spacial score (nSPS) is 25.2. The maximum Gasteiger partial charge on any atom is 0.282 e. The summed E-state index contributed by atoms with van der Waals surface area (Å²) >= 11 is 8.55. The summed E-state index contributed by atoms with van der Waals surface area (Å²) < 4.78 is 0. The molecule has 5 rings (SSSR count). The smallest absolute Gasteiger partial charge is 0.282 e. The number of hydrogen-bond acceptors (Lipinski definition) is 6. The quantitative estimate of drug-likeness (QED) is 0.236. The Morgan fingerprint density at radius 3 is 2.35 bits per heavy atom. The second kappa shape index (κ2) is 8.92. The average molecular weight is 496 g/mol. The van der Waals surface area contributed by atoms with Gasteiger partial charge in [-0.1, -0.05) is 48.0 Å². The Balaban J connectivity index is 1.57. The minimum atomic E-state index is -0.371. The van der Waals surface area contributed by atoms with Crippen molar-refractivity contribution in [1.29, 1.82) is 0 Å². The van der Waals surface area contributed by atoms with Gasteiger partial charge in [0.25, 0.3) is 11.4 Å². The Labute approximate surface area is 205 Å². The molecule has 0 amide bonds. The van der Waals surface area contributed by atoms with Gasteiger partial charge in [-0.05, 0) is 37.0 Å². The molecule has 1 fully saturated rings. The van der Waals surface area contributed by atoms with Crippen LogP contribution >= 0.6 is 23.4 Å². The molecule has 1 N–H and O–H groups in total. The topological polar surface area (TPSA) is 98.3 Å². The highest BCUT2D eigenvalue weighted by molar-refractivity contribution is 8.00. The van der Waals surface area contributed by atoms with Crippen LogP contribution in [0.5, 0.6) is 0 Å². The van der Waals surface area contributed by atoms with Crippen LogP contribution in [-0.4, -0.2) is 20.5 Å². The number of aryl methyl sites for hydroxylation is 1. The summed E-state index contributed by atoms with van der Waals surface area (Å²) in [6, 6.07) is 19.4. The molecular weight excluding hydrogens is 474 g/mol. The van der Waals surface area contributed by atoms with Crippen LogP contribution in [0, 0.1) is 33.1 Å². The first-order chi connectivity index (χ1) is 16.3. The van der Waals surface area contributed by atoms with Crippen molar-refractivity contribution in [3.05, 3.63) is 104 Å². The zero-order valence-electron chi connectivity index (χ0n) is 18.3. The maximum absolute atomic E-state index is 11.8. The lowest BCUT2D eigenvalue weighted by Gasteiger charge is -2.38. The van der Waals surface area contributed by atoms with Gasteiger partial charge in [-0.15, -0.1) is 23.4 Å². The van der Waals surface area contributed by atoms with Crippen LogP contribution in [0.1, 0.15) is 35.1 Å². The van der Waals surface area contributed by atoms with Gasteiger partial charge in [0.05, 0.1) is 31.7 Å². The molecule has 3 aromatic rings. The molecule has 1 heterocycles. The van der Waals surface area contributed by atoms with Gasteiger partial charge in [-0.25, -0.2) is 0 Å². The monoisotopic (exact) mass is 495 g/mol. The Kier molecular flexibility index (Phi) is 5.95. The Morgan fingerprint density at radius 1 is 0.941 bits per heavy atom.